The molecule has 0 radical (unpaired) electrons. The number of hydrogen-bond donors (Lipinski definition) is 2. The van der Waals surface area contributed by atoms with E-state index in [4.69, 9.17) is 15.2 Å². The standard InChI is InChI=1S/C24H40N2O3/c1-20(2)12-8-4-5-9-13-24(27)26-19-21-14-15-22(23(18-21)28-3)29-17-11-7-6-10-16-25/h8,12,14-15,18,20H,4-7,9-11,13,16-17,19,25H2,1-3H3,(H,26,27)/b12-8+. The van der Waals surface area contributed by atoms with Gasteiger partial charge in [0.05, 0.1) is 13.7 Å². The second kappa shape index (κ2) is 15.9. The fourth-order valence-electron chi connectivity index (χ4n) is 2.93. The minimum absolute atomic E-state index is 0.0922. The van der Waals surface area contributed by atoms with Crippen molar-refractivity contribution < 1.29 is 14.3 Å². The van der Waals surface area contributed by atoms with Gasteiger partial charge in [-0.25, -0.2) is 0 Å². The molecule has 0 atom stereocenters. The molecule has 1 amide bonds. The molecular formula is C24H40N2O3. The van der Waals surface area contributed by atoms with E-state index in [0.717, 1.165) is 62.8 Å². The summed E-state index contributed by atoms with van der Waals surface area (Å²) in [4.78, 5) is 12.0. The van der Waals surface area contributed by atoms with Crippen LogP contribution in [0.5, 0.6) is 11.5 Å². The van der Waals surface area contributed by atoms with Crippen molar-refractivity contribution in [3.05, 3.63) is 35.9 Å². The van der Waals surface area contributed by atoms with Gasteiger partial charge in [-0.1, -0.05) is 44.9 Å². The van der Waals surface area contributed by atoms with Crippen LogP contribution in [0, 0.1) is 5.92 Å². The van der Waals surface area contributed by atoms with Gasteiger partial charge in [-0.05, 0) is 62.3 Å². The summed E-state index contributed by atoms with van der Waals surface area (Å²) >= 11 is 0. The number of amides is 1. The van der Waals surface area contributed by atoms with Gasteiger partial charge in [0.15, 0.2) is 11.5 Å². The van der Waals surface area contributed by atoms with E-state index in [1.807, 2.05) is 18.2 Å². The minimum Gasteiger partial charge on any atom is -0.493 e. The fraction of sp³-hybridized carbons (Fsp3) is 0.625. The molecule has 29 heavy (non-hydrogen) atoms. The maximum absolute atomic E-state index is 12.0. The van der Waals surface area contributed by atoms with E-state index in [-0.39, 0.29) is 5.91 Å². The Morgan fingerprint density at radius 3 is 2.62 bits per heavy atom. The lowest BCUT2D eigenvalue weighted by molar-refractivity contribution is -0.121. The second-order valence-corrected chi connectivity index (χ2v) is 7.73. The summed E-state index contributed by atoms with van der Waals surface area (Å²) in [6.07, 6.45) is 12.3. The summed E-state index contributed by atoms with van der Waals surface area (Å²) in [6.45, 7) is 6.26. The van der Waals surface area contributed by atoms with Crippen molar-refractivity contribution in [3.8, 4) is 11.5 Å². The Morgan fingerprint density at radius 1 is 1.10 bits per heavy atom. The normalized spacial score (nSPS) is 11.2. The number of rotatable bonds is 16. The Hall–Kier alpha value is -2.01. The Bertz CT molecular complexity index is 600. The van der Waals surface area contributed by atoms with Gasteiger partial charge in [0.1, 0.15) is 0 Å². The molecule has 0 aliphatic heterocycles. The van der Waals surface area contributed by atoms with Crippen LogP contribution in [-0.2, 0) is 11.3 Å². The lowest BCUT2D eigenvalue weighted by Crippen LogP contribution is -2.22. The molecule has 0 aromatic heterocycles. The third kappa shape index (κ3) is 12.2. The van der Waals surface area contributed by atoms with Gasteiger partial charge in [0.2, 0.25) is 5.91 Å². The molecule has 5 nitrogen and oxygen atoms in total. The maximum atomic E-state index is 12.0. The first kappa shape index (κ1) is 25.0. The van der Waals surface area contributed by atoms with Crippen LogP contribution in [0.1, 0.15) is 70.8 Å². The van der Waals surface area contributed by atoms with Crippen molar-refractivity contribution in [1.82, 2.24) is 5.32 Å². The predicted octanol–water partition coefficient (Wildman–Crippen LogP) is 4.98. The molecule has 0 heterocycles. The highest BCUT2D eigenvalue weighted by Crippen LogP contribution is 2.28. The Morgan fingerprint density at radius 2 is 1.90 bits per heavy atom. The number of ether oxygens (including phenoxy) is 2. The van der Waals surface area contributed by atoms with Crippen LogP contribution in [0.2, 0.25) is 0 Å². The summed E-state index contributed by atoms with van der Waals surface area (Å²) in [6, 6.07) is 5.82. The van der Waals surface area contributed by atoms with Crippen molar-refractivity contribution in [1.29, 1.82) is 0 Å². The smallest absolute Gasteiger partial charge is 0.220 e. The van der Waals surface area contributed by atoms with Gasteiger partial charge in [0.25, 0.3) is 0 Å². The van der Waals surface area contributed by atoms with E-state index < -0.39 is 0 Å². The number of allylic oxidation sites excluding steroid dienone is 2. The van der Waals surface area contributed by atoms with Crippen LogP contribution < -0.4 is 20.5 Å². The number of nitrogens with two attached hydrogens (primary N) is 1. The van der Waals surface area contributed by atoms with Gasteiger partial charge in [0, 0.05) is 13.0 Å². The highest BCUT2D eigenvalue weighted by molar-refractivity contribution is 5.75. The van der Waals surface area contributed by atoms with E-state index in [1.165, 1.54) is 0 Å². The van der Waals surface area contributed by atoms with E-state index >= 15 is 0 Å². The highest BCUT2D eigenvalue weighted by Gasteiger charge is 2.07. The van der Waals surface area contributed by atoms with Gasteiger partial charge in [-0.15, -0.1) is 0 Å². The number of methoxy groups -OCH3 is 1. The van der Waals surface area contributed by atoms with E-state index in [1.54, 1.807) is 7.11 Å². The van der Waals surface area contributed by atoms with Crippen LogP contribution in [0.4, 0.5) is 0 Å². The van der Waals surface area contributed by atoms with Crippen molar-refractivity contribution >= 4 is 5.91 Å². The zero-order valence-electron chi connectivity index (χ0n) is 18.5. The molecule has 0 aliphatic rings. The van der Waals surface area contributed by atoms with E-state index in [2.05, 4.69) is 31.3 Å². The van der Waals surface area contributed by atoms with Gasteiger partial charge < -0.3 is 20.5 Å². The van der Waals surface area contributed by atoms with Crippen molar-refractivity contribution in [3.63, 3.8) is 0 Å². The third-order valence-electron chi connectivity index (χ3n) is 4.62. The number of carbonyl (C=O) groups excluding carboxylic acids is 1. The average Bonchev–Trinajstić information content (AvgIpc) is 2.71. The lowest BCUT2D eigenvalue weighted by atomic mass is 10.1. The largest absolute Gasteiger partial charge is 0.493 e. The summed E-state index contributed by atoms with van der Waals surface area (Å²) in [7, 11) is 1.64. The van der Waals surface area contributed by atoms with Gasteiger partial charge in [-0.3, -0.25) is 4.79 Å². The topological polar surface area (TPSA) is 73.6 Å². The van der Waals surface area contributed by atoms with Crippen molar-refractivity contribution in [2.45, 2.75) is 71.8 Å². The third-order valence-corrected chi connectivity index (χ3v) is 4.62. The highest BCUT2D eigenvalue weighted by atomic mass is 16.5. The number of nitrogens with one attached hydrogen (secondary N) is 1. The van der Waals surface area contributed by atoms with Gasteiger partial charge in [-0.2, -0.15) is 0 Å². The summed E-state index contributed by atoms with van der Waals surface area (Å²) in [5.74, 6) is 2.13. The molecule has 0 saturated heterocycles. The minimum atomic E-state index is 0.0922. The molecule has 0 spiro atoms. The molecule has 3 N–H and O–H groups in total. The first-order valence-corrected chi connectivity index (χ1v) is 11.0. The molecule has 0 aliphatic carbocycles. The van der Waals surface area contributed by atoms with Crippen LogP contribution in [0.25, 0.3) is 0 Å². The van der Waals surface area contributed by atoms with Crippen LogP contribution in [0.3, 0.4) is 0 Å². The molecule has 0 saturated carbocycles. The van der Waals surface area contributed by atoms with Crippen LogP contribution in [0.15, 0.2) is 30.4 Å². The maximum Gasteiger partial charge on any atom is 0.220 e. The molecule has 0 bridgehead atoms. The molecule has 0 unspecified atom stereocenters. The van der Waals surface area contributed by atoms with Crippen LogP contribution in [-0.4, -0.2) is 26.2 Å². The summed E-state index contributed by atoms with van der Waals surface area (Å²) in [5, 5.41) is 2.99. The van der Waals surface area contributed by atoms with Crippen LogP contribution >= 0.6 is 0 Å². The van der Waals surface area contributed by atoms with E-state index in [9.17, 15) is 4.79 Å². The predicted molar refractivity (Wildman–Crippen MR) is 120 cm³/mol. The SMILES string of the molecule is COc1cc(CNC(=O)CCCC/C=C/C(C)C)ccc1OCCCCCCN. The number of carbonyl (C=O) groups is 1. The lowest BCUT2D eigenvalue weighted by Gasteiger charge is -2.13. The summed E-state index contributed by atoms with van der Waals surface area (Å²) < 4.78 is 11.3. The summed E-state index contributed by atoms with van der Waals surface area (Å²) in [5.41, 5.74) is 6.51. The monoisotopic (exact) mass is 404 g/mol. The fourth-order valence-corrected chi connectivity index (χ4v) is 2.93. The molecule has 5 heteroatoms. The van der Waals surface area contributed by atoms with E-state index in [0.29, 0.717) is 31.2 Å². The average molecular weight is 405 g/mol. The Kier molecular flexibility index (Phi) is 13.7. The number of benzene rings is 1. The zero-order chi connectivity index (χ0) is 21.3. The molecule has 1 aromatic rings. The Labute approximate surface area is 177 Å². The molecule has 0 fully saturated rings. The molecule has 164 valence electrons. The van der Waals surface area contributed by atoms with Gasteiger partial charge >= 0.3 is 0 Å². The number of hydrogen-bond acceptors (Lipinski definition) is 4. The first-order valence-electron chi connectivity index (χ1n) is 11.0. The van der Waals surface area contributed by atoms with Crippen molar-refractivity contribution in [2.24, 2.45) is 11.7 Å². The molecule has 1 aromatic carbocycles. The molecule has 1 rings (SSSR count). The first-order chi connectivity index (χ1) is 14.1. The second-order valence-electron chi connectivity index (χ2n) is 7.73. The van der Waals surface area contributed by atoms with Crippen molar-refractivity contribution in [2.75, 3.05) is 20.3 Å². The quantitative estimate of drug-likeness (QED) is 0.301. The number of unbranched alkanes of at least 4 members (excludes halogenated alkanes) is 5. The zero-order valence-corrected chi connectivity index (χ0v) is 18.5. The Balaban J connectivity index is 2.30. The molecular weight excluding hydrogens is 364 g/mol.